The summed E-state index contributed by atoms with van der Waals surface area (Å²) in [5, 5.41) is 12.2. The van der Waals surface area contributed by atoms with E-state index in [2.05, 4.69) is 19.2 Å². The number of ether oxygens (including phenoxy) is 1. The first-order chi connectivity index (χ1) is 9.67. The summed E-state index contributed by atoms with van der Waals surface area (Å²) in [5.41, 5.74) is 0.980. The third-order valence-corrected chi connectivity index (χ3v) is 2.76. The first-order valence-electron chi connectivity index (χ1n) is 6.82. The van der Waals surface area contributed by atoms with Crippen LogP contribution in [0.15, 0.2) is 40.8 Å². The van der Waals surface area contributed by atoms with Gasteiger partial charge in [-0.25, -0.2) is 0 Å². The van der Waals surface area contributed by atoms with Crippen molar-refractivity contribution in [2.75, 3.05) is 11.9 Å². The van der Waals surface area contributed by atoms with E-state index in [1.54, 1.807) is 6.07 Å². The zero-order valence-corrected chi connectivity index (χ0v) is 11.9. The molecule has 0 radical (unpaired) electrons. The van der Waals surface area contributed by atoms with E-state index in [1.165, 1.54) is 0 Å². The summed E-state index contributed by atoms with van der Waals surface area (Å²) < 4.78 is 11.1. The molecule has 2 aromatic rings. The van der Waals surface area contributed by atoms with E-state index in [0.717, 1.165) is 17.2 Å². The minimum atomic E-state index is -0.0709. The molecule has 0 saturated heterocycles. The van der Waals surface area contributed by atoms with Crippen molar-refractivity contribution in [2.45, 2.75) is 27.0 Å². The van der Waals surface area contributed by atoms with Crippen LogP contribution in [0.3, 0.4) is 0 Å². The zero-order chi connectivity index (χ0) is 14.4. The summed E-state index contributed by atoms with van der Waals surface area (Å²) in [7, 11) is 0. The maximum atomic E-state index is 8.95. The Morgan fingerprint density at radius 3 is 2.70 bits per heavy atom. The second kappa shape index (κ2) is 7.01. The van der Waals surface area contributed by atoms with Gasteiger partial charge in [-0.3, -0.25) is 0 Å². The minimum absolute atomic E-state index is 0.0709. The lowest BCUT2D eigenvalue weighted by atomic mass is 10.2. The summed E-state index contributed by atoms with van der Waals surface area (Å²) in [5.74, 6) is 2.74. The number of nitrogens with one attached hydrogen (secondary N) is 1. The summed E-state index contributed by atoms with van der Waals surface area (Å²) in [6.07, 6.45) is 0. The molecule has 4 nitrogen and oxygen atoms in total. The highest BCUT2D eigenvalue weighted by atomic mass is 16.5. The van der Waals surface area contributed by atoms with Crippen LogP contribution in [0.4, 0.5) is 5.69 Å². The summed E-state index contributed by atoms with van der Waals surface area (Å²) >= 11 is 0. The molecule has 0 aliphatic carbocycles. The Hall–Kier alpha value is -1.94. The van der Waals surface area contributed by atoms with E-state index < -0.39 is 0 Å². The van der Waals surface area contributed by atoms with Crippen LogP contribution >= 0.6 is 0 Å². The van der Waals surface area contributed by atoms with Gasteiger partial charge in [-0.05, 0) is 30.2 Å². The number of furan rings is 1. The number of aliphatic hydroxyl groups excluding tert-OH is 1. The van der Waals surface area contributed by atoms with E-state index in [0.29, 0.717) is 24.8 Å². The monoisotopic (exact) mass is 275 g/mol. The third-order valence-electron chi connectivity index (χ3n) is 2.76. The van der Waals surface area contributed by atoms with Crippen molar-refractivity contribution in [1.82, 2.24) is 0 Å². The summed E-state index contributed by atoms with van der Waals surface area (Å²) in [6, 6.07) is 11.5. The Balaban J connectivity index is 1.90. The fourth-order valence-corrected chi connectivity index (χ4v) is 1.75. The van der Waals surface area contributed by atoms with Crippen LogP contribution in [0.25, 0.3) is 0 Å². The minimum Gasteiger partial charge on any atom is -0.493 e. The molecule has 2 rings (SSSR count). The van der Waals surface area contributed by atoms with Crippen LogP contribution in [-0.2, 0) is 13.2 Å². The standard InChI is InChI=1S/C16H21NO3/c1-12(2)11-19-14-5-3-4-13(8-14)17-9-15-6-7-16(10-18)20-15/h3-8,12,17-18H,9-11H2,1-2H3. The lowest BCUT2D eigenvalue weighted by molar-refractivity contribution is 0.244. The Morgan fingerprint density at radius 1 is 1.20 bits per heavy atom. The van der Waals surface area contributed by atoms with Crippen molar-refractivity contribution in [2.24, 2.45) is 5.92 Å². The number of rotatable bonds is 7. The molecule has 0 bridgehead atoms. The summed E-state index contributed by atoms with van der Waals surface area (Å²) in [4.78, 5) is 0. The maximum absolute atomic E-state index is 8.95. The highest BCUT2D eigenvalue weighted by molar-refractivity contribution is 5.48. The number of aliphatic hydroxyl groups is 1. The van der Waals surface area contributed by atoms with Crippen LogP contribution in [0.1, 0.15) is 25.4 Å². The average molecular weight is 275 g/mol. The lowest BCUT2D eigenvalue weighted by Crippen LogP contribution is -2.05. The molecular weight excluding hydrogens is 254 g/mol. The van der Waals surface area contributed by atoms with Gasteiger partial charge in [0.1, 0.15) is 23.9 Å². The normalized spacial score (nSPS) is 10.8. The van der Waals surface area contributed by atoms with Crippen LogP contribution in [0.2, 0.25) is 0 Å². The van der Waals surface area contributed by atoms with Gasteiger partial charge in [0.2, 0.25) is 0 Å². The van der Waals surface area contributed by atoms with E-state index in [9.17, 15) is 0 Å². The number of anilines is 1. The van der Waals surface area contributed by atoms with E-state index >= 15 is 0 Å². The fraction of sp³-hybridized carbons (Fsp3) is 0.375. The van der Waals surface area contributed by atoms with Gasteiger partial charge in [0, 0.05) is 11.8 Å². The molecule has 0 saturated carbocycles. The molecule has 2 N–H and O–H groups in total. The molecule has 0 unspecified atom stereocenters. The molecule has 0 fully saturated rings. The second-order valence-electron chi connectivity index (χ2n) is 5.11. The second-order valence-corrected chi connectivity index (χ2v) is 5.11. The van der Waals surface area contributed by atoms with Crippen LogP contribution in [0, 0.1) is 5.92 Å². The van der Waals surface area contributed by atoms with Gasteiger partial charge >= 0.3 is 0 Å². The quantitative estimate of drug-likeness (QED) is 0.813. The molecule has 0 aliphatic heterocycles. The molecule has 0 spiro atoms. The van der Waals surface area contributed by atoms with Gasteiger partial charge < -0.3 is 19.6 Å². The smallest absolute Gasteiger partial charge is 0.129 e. The van der Waals surface area contributed by atoms with E-state index in [4.69, 9.17) is 14.3 Å². The third kappa shape index (κ3) is 4.31. The van der Waals surface area contributed by atoms with Gasteiger partial charge in [0.25, 0.3) is 0 Å². The molecule has 1 heterocycles. The van der Waals surface area contributed by atoms with Gasteiger partial charge in [-0.2, -0.15) is 0 Å². The lowest BCUT2D eigenvalue weighted by Gasteiger charge is -2.10. The predicted molar refractivity (Wildman–Crippen MR) is 78.7 cm³/mol. The van der Waals surface area contributed by atoms with Gasteiger partial charge in [-0.15, -0.1) is 0 Å². The van der Waals surface area contributed by atoms with Crippen LogP contribution in [0.5, 0.6) is 5.75 Å². The maximum Gasteiger partial charge on any atom is 0.129 e. The highest BCUT2D eigenvalue weighted by Gasteiger charge is 2.02. The Bertz CT molecular complexity index is 534. The first-order valence-corrected chi connectivity index (χ1v) is 6.82. The summed E-state index contributed by atoms with van der Waals surface area (Å²) in [6.45, 7) is 5.46. The SMILES string of the molecule is CC(C)COc1cccc(NCc2ccc(CO)o2)c1. The number of hydrogen-bond donors (Lipinski definition) is 2. The Labute approximate surface area is 119 Å². The molecule has 4 heteroatoms. The van der Waals surface area contributed by atoms with Crippen molar-refractivity contribution in [3.63, 3.8) is 0 Å². The largest absolute Gasteiger partial charge is 0.493 e. The molecule has 1 aromatic carbocycles. The molecule has 0 amide bonds. The predicted octanol–water partition coefficient (Wildman–Crippen LogP) is 3.42. The van der Waals surface area contributed by atoms with Crippen LogP contribution in [-0.4, -0.2) is 11.7 Å². The first kappa shape index (κ1) is 14.5. The average Bonchev–Trinajstić information content (AvgIpc) is 2.91. The van der Waals surface area contributed by atoms with Crippen molar-refractivity contribution in [3.05, 3.63) is 47.9 Å². The Morgan fingerprint density at radius 2 is 2.00 bits per heavy atom. The fourth-order valence-electron chi connectivity index (χ4n) is 1.75. The van der Waals surface area contributed by atoms with Gasteiger partial charge in [-0.1, -0.05) is 19.9 Å². The van der Waals surface area contributed by atoms with Crippen molar-refractivity contribution < 1.29 is 14.3 Å². The molecule has 0 aliphatic rings. The molecular formula is C16H21NO3. The van der Waals surface area contributed by atoms with Gasteiger partial charge in [0.05, 0.1) is 13.2 Å². The molecule has 1 aromatic heterocycles. The number of benzene rings is 1. The molecule has 108 valence electrons. The van der Waals surface area contributed by atoms with Crippen LogP contribution < -0.4 is 10.1 Å². The van der Waals surface area contributed by atoms with Gasteiger partial charge in [0.15, 0.2) is 0 Å². The van der Waals surface area contributed by atoms with Crippen molar-refractivity contribution in [3.8, 4) is 5.75 Å². The Kier molecular flexibility index (Phi) is 5.07. The molecule has 20 heavy (non-hydrogen) atoms. The molecule has 0 atom stereocenters. The van der Waals surface area contributed by atoms with E-state index in [1.807, 2.05) is 30.3 Å². The van der Waals surface area contributed by atoms with Crippen molar-refractivity contribution in [1.29, 1.82) is 0 Å². The van der Waals surface area contributed by atoms with Crippen molar-refractivity contribution >= 4 is 5.69 Å². The zero-order valence-electron chi connectivity index (χ0n) is 11.9. The van der Waals surface area contributed by atoms with E-state index in [-0.39, 0.29) is 6.61 Å². The highest BCUT2D eigenvalue weighted by Crippen LogP contribution is 2.19. The topological polar surface area (TPSA) is 54.6 Å². The number of hydrogen-bond acceptors (Lipinski definition) is 4.